The number of ether oxygens (including phenoxy) is 2. The highest BCUT2D eigenvalue weighted by atomic mass is 16.6. The number of H-pyrrole nitrogens is 1. The number of aliphatic carboxylic acids is 1. The molecule has 4 rings (SSSR count). The van der Waals surface area contributed by atoms with Crippen LogP contribution in [0.25, 0.3) is 11.2 Å². The molecule has 3 amide bonds. The number of unbranched alkanes of at least 4 members (excludes halogenated alkanes) is 9. The fraction of sp³-hybridized carbons (Fsp3) is 0.625. The van der Waals surface area contributed by atoms with E-state index in [1.165, 1.54) is 38.3 Å². The van der Waals surface area contributed by atoms with E-state index in [9.17, 15) is 44.7 Å². The molecule has 332 valence electrons. The molecule has 11 N–H and O–H groups in total. The normalized spacial score (nSPS) is 20.4. The van der Waals surface area contributed by atoms with Crippen molar-refractivity contribution >= 4 is 40.9 Å². The number of carbonyl (C=O) groups is 4. The predicted octanol–water partition coefficient (Wildman–Crippen LogP) is 1.55. The Morgan fingerprint density at radius 2 is 1.63 bits per heavy atom. The fourth-order valence-corrected chi connectivity index (χ4v) is 6.83. The summed E-state index contributed by atoms with van der Waals surface area (Å²) in [5.41, 5.74) is 1.47. The summed E-state index contributed by atoms with van der Waals surface area (Å²) in [6, 6.07) is 6.23. The third kappa shape index (κ3) is 15.2. The lowest BCUT2D eigenvalue weighted by molar-refractivity contribution is -0.204. The van der Waals surface area contributed by atoms with E-state index in [2.05, 4.69) is 53.4 Å². The van der Waals surface area contributed by atoms with Crippen molar-refractivity contribution in [1.29, 1.82) is 0 Å². The number of aromatic nitrogens is 4. The molecule has 20 heteroatoms. The number of imidazole rings is 1. The number of aliphatic hydroxyl groups is 4. The monoisotopic (exact) mass is 843 g/mol. The van der Waals surface area contributed by atoms with Gasteiger partial charge in [-0.15, -0.1) is 0 Å². The van der Waals surface area contributed by atoms with Gasteiger partial charge in [-0.05, 0) is 31.2 Å². The van der Waals surface area contributed by atoms with E-state index in [0.29, 0.717) is 30.4 Å². The van der Waals surface area contributed by atoms with Crippen molar-refractivity contribution in [2.45, 2.75) is 146 Å². The van der Waals surface area contributed by atoms with Crippen LogP contribution in [0.1, 0.15) is 96.0 Å². The first kappa shape index (κ1) is 47.7. The number of carboxylic acid groups (broad SMARTS) is 1. The molecular formula is C40H61N9O11. The van der Waals surface area contributed by atoms with E-state index in [4.69, 9.17) is 9.47 Å². The number of anilines is 1. The summed E-state index contributed by atoms with van der Waals surface area (Å²) >= 11 is 0. The Labute approximate surface area is 348 Å². The molecule has 0 spiro atoms. The average Bonchev–Trinajstić information content (AvgIpc) is 3.74. The predicted molar refractivity (Wildman–Crippen MR) is 218 cm³/mol. The molecular weight excluding hydrogens is 782 g/mol. The molecule has 8 atom stereocenters. The first-order valence-electron chi connectivity index (χ1n) is 20.8. The number of carboxylic acids is 1. The van der Waals surface area contributed by atoms with Gasteiger partial charge in [0.25, 0.3) is 5.91 Å². The fourth-order valence-electron chi connectivity index (χ4n) is 6.83. The van der Waals surface area contributed by atoms with Crippen molar-refractivity contribution in [3.8, 4) is 0 Å². The molecule has 60 heavy (non-hydrogen) atoms. The zero-order chi connectivity index (χ0) is 43.3. The number of hydrogen-bond donors (Lipinski definition) is 11. The Bertz CT molecular complexity index is 1750. The van der Waals surface area contributed by atoms with Crippen LogP contribution < -0.4 is 26.6 Å². The minimum Gasteiger partial charge on any atom is -0.480 e. The molecule has 1 fully saturated rings. The molecule has 0 saturated carbocycles. The molecule has 0 bridgehead atoms. The van der Waals surface area contributed by atoms with Crippen molar-refractivity contribution in [1.82, 2.24) is 41.2 Å². The van der Waals surface area contributed by atoms with Gasteiger partial charge in [0.15, 0.2) is 23.9 Å². The third-order valence-electron chi connectivity index (χ3n) is 10.2. The van der Waals surface area contributed by atoms with Gasteiger partial charge in [0.1, 0.15) is 48.9 Å². The molecule has 3 heterocycles. The van der Waals surface area contributed by atoms with Gasteiger partial charge in [0.2, 0.25) is 5.91 Å². The number of benzene rings is 1. The van der Waals surface area contributed by atoms with Crippen molar-refractivity contribution in [3.63, 3.8) is 0 Å². The SMILES string of the molecule is CCCCCCCCCCCC(=O)NC(N[C@@H](CCCCNC(=O)OCc1ccccc1)C(=O)O)C(=O)N[C@@H]1[C@@H](O)[C@@H](O)[C@@H](Nc2ncnc3nc[nH]c23)O[C@H]1[C@@H](O)CO. The summed E-state index contributed by atoms with van der Waals surface area (Å²) in [5, 5.41) is 66.5. The van der Waals surface area contributed by atoms with Crippen molar-refractivity contribution < 1.29 is 54.2 Å². The second kappa shape index (κ2) is 25.6. The minimum atomic E-state index is -1.81. The number of alkyl carbamates (subject to hydrolysis) is 1. The van der Waals surface area contributed by atoms with E-state index < -0.39 is 79.4 Å². The van der Waals surface area contributed by atoms with Gasteiger partial charge in [0, 0.05) is 13.0 Å². The summed E-state index contributed by atoms with van der Waals surface area (Å²) in [7, 11) is 0. The summed E-state index contributed by atoms with van der Waals surface area (Å²) in [5.74, 6) is -2.70. The summed E-state index contributed by atoms with van der Waals surface area (Å²) < 4.78 is 11.1. The van der Waals surface area contributed by atoms with E-state index in [1.807, 2.05) is 30.3 Å². The molecule has 1 aliphatic heterocycles. The molecule has 0 radical (unpaired) electrons. The lowest BCUT2D eigenvalue weighted by Crippen LogP contribution is -2.70. The van der Waals surface area contributed by atoms with Crippen molar-refractivity contribution in [2.75, 3.05) is 18.5 Å². The average molecular weight is 844 g/mol. The molecule has 3 aromatic rings. The van der Waals surface area contributed by atoms with Crippen molar-refractivity contribution in [3.05, 3.63) is 48.5 Å². The van der Waals surface area contributed by atoms with E-state index in [1.54, 1.807) is 0 Å². The minimum absolute atomic E-state index is 0.00625. The molecule has 1 unspecified atom stereocenters. The van der Waals surface area contributed by atoms with Gasteiger partial charge < -0.3 is 61.3 Å². The Hall–Kier alpha value is -4.99. The number of hydrogen-bond acceptors (Lipinski definition) is 15. The Balaban J connectivity index is 1.39. The van der Waals surface area contributed by atoms with Gasteiger partial charge in [-0.1, -0.05) is 88.6 Å². The van der Waals surface area contributed by atoms with Crippen LogP contribution in [0, 0.1) is 0 Å². The molecule has 1 saturated heterocycles. The highest BCUT2D eigenvalue weighted by Crippen LogP contribution is 2.26. The summed E-state index contributed by atoms with van der Waals surface area (Å²) in [6.45, 7) is 1.58. The quantitative estimate of drug-likeness (QED) is 0.0383. The number of nitrogens with one attached hydrogen (secondary N) is 6. The Morgan fingerprint density at radius 1 is 0.917 bits per heavy atom. The highest BCUT2D eigenvalue weighted by molar-refractivity contribution is 5.88. The van der Waals surface area contributed by atoms with Crippen LogP contribution in [-0.4, -0.2) is 131 Å². The van der Waals surface area contributed by atoms with Gasteiger partial charge in [-0.3, -0.25) is 19.7 Å². The largest absolute Gasteiger partial charge is 0.480 e. The Kier molecular flexibility index (Phi) is 20.3. The molecule has 20 nitrogen and oxygen atoms in total. The second-order valence-corrected chi connectivity index (χ2v) is 14.9. The molecule has 1 aromatic carbocycles. The summed E-state index contributed by atoms with van der Waals surface area (Å²) in [6.07, 6.45) is 2.04. The van der Waals surface area contributed by atoms with Crippen LogP contribution in [0.3, 0.4) is 0 Å². The maximum atomic E-state index is 14.0. The van der Waals surface area contributed by atoms with E-state index in [-0.39, 0.29) is 31.8 Å². The molecule has 0 aliphatic carbocycles. The van der Waals surface area contributed by atoms with Crippen LogP contribution in [0.15, 0.2) is 43.0 Å². The van der Waals surface area contributed by atoms with Gasteiger partial charge in [-0.25, -0.2) is 19.7 Å². The maximum absolute atomic E-state index is 14.0. The standard InChI is InChI=1S/C40H61N9O11/c1-2-3-4-5-6-7-8-9-13-19-28(52)47-36(46-26(39(56)57)18-14-15-20-41-40(58)59-22-25-16-11-10-12-17-25)37(55)48-29-31(53)32(54)38(60-33(29)27(51)21-50)49-35-30-34(43-23-42-30)44-24-45-35/h10-12,16-17,23-24,26-27,29,31-33,36,38,46,50-51,53-54H,2-9,13-15,18-22H2,1H3,(H,41,58)(H,47,52)(H,48,55)(H,56,57)(H2,42,43,44,45,49)/t26-,27-,29+,31+,32+,33-,36?,38-/m0/s1. The Morgan fingerprint density at radius 3 is 2.33 bits per heavy atom. The van der Waals surface area contributed by atoms with Crippen LogP contribution in [0.4, 0.5) is 10.6 Å². The number of nitrogens with zero attached hydrogens (tertiary/aromatic N) is 3. The third-order valence-corrected chi connectivity index (χ3v) is 10.2. The topological polar surface area (TPSA) is 302 Å². The highest BCUT2D eigenvalue weighted by Gasteiger charge is 2.48. The second-order valence-electron chi connectivity index (χ2n) is 14.9. The van der Waals surface area contributed by atoms with Crippen molar-refractivity contribution in [2.24, 2.45) is 0 Å². The first-order chi connectivity index (χ1) is 29.0. The van der Waals surface area contributed by atoms with Crippen LogP contribution in [0.5, 0.6) is 0 Å². The van der Waals surface area contributed by atoms with Gasteiger partial charge >= 0.3 is 12.1 Å². The zero-order valence-corrected chi connectivity index (χ0v) is 34.0. The van der Waals surface area contributed by atoms with Gasteiger partial charge in [0.05, 0.1) is 19.0 Å². The number of amides is 3. The number of rotatable bonds is 27. The number of aromatic amines is 1. The zero-order valence-electron chi connectivity index (χ0n) is 34.0. The number of aliphatic hydroxyl groups excluding tert-OH is 4. The number of carbonyl (C=O) groups excluding carboxylic acids is 3. The maximum Gasteiger partial charge on any atom is 0.407 e. The van der Waals surface area contributed by atoms with E-state index in [0.717, 1.165) is 31.2 Å². The van der Waals surface area contributed by atoms with E-state index >= 15 is 0 Å². The van der Waals surface area contributed by atoms with Crippen LogP contribution in [-0.2, 0) is 30.5 Å². The number of fused-ring (bicyclic) bond motifs is 1. The smallest absolute Gasteiger partial charge is 0.407 e. The molecule has 1 aliphatic rings. The summed E-state index contributed by atoms with van der Waals surface area (Å²) in [4.78, 5) is 66.8. The van der Waals surface area contributed by atoms with Gasteiger partial charge in [-0.2, -0.15) is 0 Å². The van der Waals surface area contributed by atoms with Crippen LogP contribution >= 0.6 is 0 Å². The lowest BCUT2D eigenvalue weighted by Gasteiger charge is -2.45. The first-order valence-corrected chi connectivity index (χ1v) is 20.8. The van der Waals surface area contributed by atoms with Crippen LogP contribution in [0.2, 0.25) is 0 Å². The lowest BCUT2D eigenvalue weighted by atomic mass is 9.92. The molecule has 2 aromatic heterocycles.